The molecule has 0 spiro atoms. The molecule has 0 aliphatic rings. The van der Waals surface area contributed by atoms with Gasteiger partial charge in [0, 0.05) is 12.1 Å². The van der Waals surface area contributed by atoms with Crippen molar-refractivity contribution in [1.82, 2.24) is 5.32 Å². The molecule has 5 heteroatoms. The van der Waals surface area contributed by atoms with Crippen LogP contribution in [0.2, 0.25) is 0 Å². The van der Waals surface area contributed by atoms with E-state index in [9.17, 15) is 9.90 Å². The second-order valence-corrected chi connectivity index (χ2v) is 6.60. The summed E-state index contributed by atoms with van der Waals surface area (Å²) in [5.41, 5.74) is 1.53. The van der Waals surface area contributed by atoms with Gasteiger partial charge in [-0.1, -0.05) is 38.1 Å². The van der Waals surface area contributed by atoms with Crippen molar-refractivity contribution in [3.05, 3.63) is 53.6 Å². The Morgan fingerprint density at radius 1 is 1.15 bits per heavy atom. The molecule has 0 saturated heterocycles. The van der Waals surface area contributed by atoms with Crippen molar-refractivity contribution in [1.29, 1.82) is 0 Å². The number of aromatic hydroxyl groups is 1. The van der Waals surface area contributed by atoms with E-state index in [2.05, 4.69) is 19.2 Å². The number of carbonyl (C=O) groups is 1. The van der Waals surface area contributed by atoms with Crippen LogP contribution in [0.3, 0.4) is 0 Å². The van der Waals surface area contributed by atoms with Crippen LogP contribution in [0.15, 0.2) is 42.5 Å². The van der Waals surface area contributed by atoms with Gasteiger partial charge in [0.15, 0.2) is 11.5 Å². The minimum absolute atomic E-state index is 0.132. The van der Waals surface area contributed by atoms with Crippen LogP contribution in [0, 0.1) is 5.92 Å². The number of methoxy groups -OCH3 is 1. The summed E-state index contributed by atoms with van der Waals surface area (Å²) in [6, 6.07) is 12.5. The number of para-hydroxylation sites is 1. The van der Waals surface area contributed by atoms with Gasteiger partial charge in [0.25, 0.3) is 0 Å². The van der Waals surface area contributed by atoms with Crippen molar-refractivity contribution < 1.29 is 19.4 Å². The number of benzene rings is 2. The molecule has 2 rings (SSSR count). The van der Waals surface area contributed by atoms with E-state index in [1.165, 1.54) is 0 Å². The van der Waals surface area contributed by atoms with E-state index in [1.807, 2.05) is 18.2 Å². The maximum absolute atomic E-state index is 12.1. The van der Waals surface area contributed by atoms with E-state index in [4.69, 9.17) is 9.47 Å². The molecule has 26 heavy (non-hydrogen) atoms. The molecule has 2 N–H and O–H groups in total. The lowest BCUT2D eigenvalue weighted by Gasteiger charge is -2.13. The topological polar surface area (TPSA) is 67.8 Å². The maximum atomic E-state index is 12.1. The van der Waals surface area contributed by atoms with Gasteiger partial charge in [-0.3, -0.25) is 4.79 Å². The van der Waals surface area contributed by atoms with Crippen LogP contribution in [0.25, 0.3) is 0 Å². The van der Waals surface area contributed by atoms with E-state index in [0.29, 0.717) is 36.1 Å². The number of hydrogen-bond donors (Lipinski definition) is 2. The number of phenolic OH excluding ortho intramolecular Hbond substituents is 1. The lowest BCUT2D eigenvalue weighted by Crippen LogP contribution is -2.24. The first-order chi connectivity index (χ1) is 12.5. The van der Waals surface area contributed by atoms with Crippen LogP contribution in [0.5, 0.6) is 17.2 Å². The van der Waals surface area contributed by atoms with Crippen LogP contribution < -0.4 is 14.8 Å². The summed E-state index contributed by atoms with van der Waals surface area (Å²) in [6.45, 7) is 5.34. The van der Waals surface area contributed by atoms with Crippen molar-refractivity contribution in [2.45, 2.75) is 33.2 Å². The zero-order valence-corrected chi connectivity index (χ0v) is 15.6. The minimum Gasteiger partial charge on any atom is -0.508 e. The van der Waals surface area contributed by atoms with Crippen molar-refractivity contribution in [2.24, 2.45) is 5.92 Å². The number of amides is 1. The Bertz CT molecular complexity index is 728. The van der Waals surface area contributed by atoms with Crippen LogP contribution in [-0.4, -0.2) is 24.7 Å². The summed E-state index contributed by atoms with van der Waals surface area (Å²) >= 11 is 0. The normalized spacial score (nSPS) is 10.6. The molecule has 0 heterocycles. The van der Waals surface area contributed by atoms with Gasteiger partial charge < -0.3 is 19.9 Å². The highest BCUT2D eigenvalue weighted by molar-refractivity contribution is 5.79. The molecular weight excluding hydrogens is 330 g/mol. The predicted molar refractivity (Wildman–Crippen MR) is 102 cm³/mol. The fourth-order valence-corrected chi connectivity index (χ4v) is 2.44. The lowest BCUT2D eigenvalue weighted by molar-refractivity contribution is -0.120. The van der Waals surface area contributed by atoms with Gasteiger partial charge >= 0.3 is 0 Å². The molecule has 2 aromatic rings. The zero-order valence-electron chi connectivity index (χ0n) is 15.6. The number of nitrogens with one attached hydrogen (secondary N) is 1. The highest BCUT2D eigenvalue weighted by Crippen LogP contribution is 2.28. The molecule has 0 unspecified atom stereocenters. The van der Waals surface area contributed by atoms with Gasteiger partial charge in [-0.2, -0.15) is 0 Å². The Kier molecular flexibility index (Phi) is 7.33. The summed E-state index contributed by atoms with van der Waals surface area (Å²) in [4.78, 5) is 12.1. The summed E-state index contributed by atoms with van der Waals surface area (Å²) in [6.07, 6.45) is 1.12. The van der Waals surface area contributed by atoms with Crippen LogP contribution in [0.1, 0.15) is 31.4 Å². The highest BCUT2D eigenvalue weighted by Gasteiger charge is 2.09. The average Bonchev–Trinajstić information content (AvgIpc) is 2.62. The molecule has 0 fully saturated rings. The smallest absolute Gasteiger partial charge is 0.224 e. The average molecular weight is 357 g/mol. The van der Waals surface area contributed by atoms with Gasteiger partial charge in [-0.25, -0.2) is 0 Å². The predicted octanol–water partition coefficient (Wildman–Crippen LogP) is 3.68. The van der Waals surface area contributed by atoms with E-state index in [-0.39, 0.29) is 18.1 Å². The molecule has 2 aromatic carbocycles. The van der Waals surface area contributed by atoms with Crippen molar-refractivity contribution in [3.8, 4) is 17.2 Å². The highest BCUT2D eigenvalue weighted by atomic mass is 16.5. The van der Waals surface area contributed by atoms with E-state index >= 15 is 0 Å². The summed E-state index contributed by atoms with van der Waals surface area (Å²) < 4.78 is 11.2. The standard InChI is InChI=1S/C21H27NO4/c1-15(2)10-11-26-19-9-8-16(12-20(19)25-3)14-22-21(24)13-17-6-4-5-7-18(17)23/h4-9,12,15,23H,10-11,13-14H2,1-3H3,(H,22,24). The number of phenols is 1. The monoisotopic (exact) mass is 357 g/mol. The summed E-state index contributed by atoms with van der Waals surface area (Å²) in [7, 11) is 1.60. The third-order valence-electron chi connectivity index (χ3n) is 4.01. The van der Waals surface area contributed by atoms with Gasteiger partial charge in [-0.05, 0) is 36.1 Å². The molecule has 5 nitrogen and oxygen atoms in total. The first-order valence-electron chi connectivity index (χ1n) is 8.83. The number of hydrogen-bond acceptors (Lipinski definition) is 4. The van der Waals surface area contributed by atoms with Crippen molar-refractivity contribution in [3.63, 3.8) is 0 Å². The Hall–Kier alpha value is -2.69. The number of ether oxygens (including phenoxy) is 2. The SMILES string of the molecule is COc1cc(CNC(=O)Cc2ccccc2O)ccc1OCCC(C)C. The second-order valence-electron chi connectivity index (χ2n) is 6.60. The first kappa shape index (κ1) is 19.6. The second kappa shape index (κ2) is 9.70. The molecule has 0 atom stereocenters. The van der Waals surface area contributed by atoms with Crippen molar-refractivity contribution in [2.75, 3.05) is 13.7 Å². The van der Waals surface area contributed by atoms with Gasteiger partial charge in [0.05, 0.1) is 20.1 Å². The Morgan fingerprint density at radius 3 is 2.62 bits per heavy atom. The molecule has 0 aliphatic carbocycles. The molecule has 0 radical (unpaired) electrons. The number of carbonyl (C=O) groups excluding carboxylic acids is 1. The van der Waals surface area contributed by atoms with Gasteiger partial charge in [0.2, 0.25) is 5.91 Å². The van der Waals surface area contributed by atoms with E-state index in [0.717, 1.165) is 12.0 Å². The Labute approximate surface area is 155 Å². The fourth-order valence-electron chi connectivity index (χ4n) is 2.44. The largest absolute Gasteiger partial charge is 0.508 e. The van der Waals surface area contributed by atoms with Crippen molar-refractivity contribution >= 4 is 5.91 Å². The van der Waals surface area contributed by atoms with Gasteiger partial charge in [-0.15, -0.1) is 0 Å². The molecule has 1 amide bonds. The van der Waals surface area contributed by atoms with E-state index < -0.39 is 0 Å². The Balaban J connectivity index is 1.90. The first-order valence-corrected chi connectivity index (χ1v) is 8.83. The molecule has 0 saturated carbocycles. The summed E-state index contributed by atoms with van der Waals surface area (Å²) in [5, 5.41) is 12.6. The fraction of sp³-hybridized carbons (Fsp3) is 0.381. The van der Waals surface area contributed by atoms with Crippen LogP contribution in [-0.2, 0) is 17.8 Å². The molecule has 140 valence electrons. The quantitative estimate of drug-likeness (QED) is 0.718. The number of rotatable bonds is 9. The molecule has 0 bridgehead atoms. The Morgan fingerprint density at radius 2 is 1.92 bits per heavy atom. The maximum Gasteiger partial charge on any atom is 0.224 e. The molecular formula is C21H27NO4. The lowest BCUT2D eigenvalue weighted by atomic mass is 10.1. The zero-order chi connectivity index (χ0) is 18.9. The van der Waals surface area contributed by atoms with E-state index in [1.54, 1.807) is 31.4 Å². The molecule has 0 aliphatic heterocycles. The minimum atomic E-state index is -0.150. The summed E-state index contributed by atoms with van der Waals surface area (Å²) in [5.74, 6) is 1.92. The third kappa shape index (κ3) is 5.99. The third-order valence-corrected chi connectivity index (χ3v) is 4.01. The van der Waals surface area contributed by atoms with Gasteiger partial charge in [0.1, 0.15) is 5.75 Å². The molecule has 0 aromatic heterocycles. The van der Waals surface area contributed by atoms with Crippen LogP contribution in [0.4, 0.5) is 0 Å². The van der Waals surface area contributed by atoms with Crippen LogP contribution >= 0.6 is 0 Å².